The van der Waals surface area contributed by atoms with Crippen molar-refractivity contribution in [1.29, 1.82) is 0 Å². The summed E-state index contributed by atoms with van der Waals surface area (Å²) >= 11 is 3.96. The van der Waals surface area contributed by atoms with E-state index in [9.17, 15) is 8.78 Å². The summed E-state index contributed by atoms with van der Waals surface area (Å²) in [5.41, 5.74) is 0.586. The number of halogens is 2. The monoisotopic (exact) mass is 317 g/mol. The Kier molecular flexibility index (Phi) is 5.75. The molecule has 0 amide bonds. The maximum Gasteiger partial charge on any atom is 0.129 e. The smallest absolute Gasteiger partial charge is 0.129 e. The average Bonchev–Trinajstić information content (AvgIpc) is 2.41. The van der Waals surface area contributed by atoms with Crippen molar-refractivity contribution in [3.8, 4) is 0 Å². The number of hydrogen-bond donors (Lipinski definition) is 1. The van der Waals surface area contributed by atoms with Crippen molar-refractivity contribution in [1.82, 2.24) is 5.32 Å². The Morgan fingerprint density at radius 2 is 2.05 bits per heavy atom. The fraction of sp³-hybridized carbons (Fsp3) is 0.600. The Morgan fingerprint density at radius 1 is 1.30 bits per heavy atom. The second-order valence-corrected chi connectivity index (χ2v) is 8.28. The molecule has 1 N–H and O–H groups in total. The van der Waals surface area contributed by atoms with Gasteiger partial charge in [-0.05, 0) is 25.1 Å². The van der Waals surface area contributed by atoms with E-state index in [1.54, 1.807) is 6.07 Å². The van der Waals surface area contributed by atoms with Crippen molar-refractivity contribution in [2.75, 3.05) is 12.8 Å². The first-order valence-corrected chi connectivity index (χ1v) is 8.88. The Bertz CT molecular complexity index is 455. The molecule has 1 saturated heterocycles. The molecule has 5 heteroatoms. The highest BCUT2D eigenvalue weighted by atomic mass is 32.2. The lowest BCUT2D eigenvalue weighted by Gasteiger charge is -2.36. The van der Waals surface area contributed by atoms with Crippen LogP contribution >= 0.6 is 23.5 Å². The largest absolute Gasteiger partial charge is 0.316 e. The van der Waals surface area contributed by atoms with E-state index in [0.29, 0.717) is 27.7 Å². The van der Waals surface area contributed by atoms with E-state index >= 15 is 0 Å². The van der Waals surface area contributed by atoms with E-state index in [0.717, 1.165) is 11.8 Å². The number of thioether (sulfide) groups is 2. The van der Waals surface area contributed by atoms with Gasteiger partial charge in [0.05, 0.1) is 0 Å². The van der Waals surface area contributed by atoms with Crippen molar-refractivity contribution in [2.24, 2.45) is 0 Å². The Balaban J connectivity index is 2.05. The third-order valence-corrected chi connectivity index (χ3v) is 7.40. The van der Waals surface area contributed by atoms with Gasteiger partial charge in [-0.2, -0.15) is 23.5 Å². The van der Waals surface area contributed by atoms with Crippen molar-refractivity contribution < 1.29 is 8.78 Å². The summed E-state index contributed by atoms with van der Waals surface area (Å²) in [6.07, 6.45) is 0.599. The van der Waals surface area contributed by atoms with Gasteiger partial charge in [0.25, 0.3) is 0 Å². The van der Waals surface area contributed by atoms with Gasteiger partial charge in [0, 0.05) is 33.6 Å². The zero-order chi connectivity index (χ0) is 14.7. The van der Waals surface area contributed by atoms with E-state index in [4.69, 9.17) is 0 Å². The van der Waals surface area contributed by atoms with Gasteiger partial charge in [0.2, 0.25) is 0 Å². The first kappa shape index (κ1) is 16.1. The van der Waals surface area contributed by atoms with Gasteiger partial charge >= 0.3 is 0 Å². The number of likely N-dealkylation sites (N-methyl/N-ethyl adjacent to an activating group) is 1. The zero-order valence-corrected chi connectivity index (χ0v) is 13.7. The fourth-order valence-corrected chi connectivity index (χ4v) is 5.53. The van der Waals surface area contributed by atoms with Crippen LogP contribution in [0.15, 0.2) is 18.2 Å². The summed E-state index contributed by atoms with van der Waals surface area (Å²) in [7, 11) is 1.92. The second-order valence-electron chi connectivity index (χ2n) is 5.25. The van der Waals surface area contributed by atoms with Crippen LogP contribution in [0.3, 0.4) is 0 Å². The maximum atomic E-state index is 13.8. The molecular formula is C15H21F2NS2. The van der Waals surface area contributed by atoms with Crippen LogP contribution in [-0.4, -0.2) is 34.6 Å². The lowest BCUT2D eigenvalue weighted by molar-refractivity contribution is 0.523. The van der Waals surface area contributed by atoms with Crippen molar-refractivity contribution in [3.63, 3.8) is 0 Å². The molecular weight excluding hydrogens is 296 g/mol. The van der Waals surface area contributed by atoms with Crippen LogP contribution in [0.25, 0.3) is 0 Å². The van der Waals surface area contributed by atoms with Crippen LogP contribution in [0.4, 0.5) is 8.78 Å². The highest BCUT2D eigenvalue weighted by Crippen LogP contribution is 2.37. The van der Waals surface area contributed by atoms with E-state index in [1.165, 1.54) is 6.07 Å². The van der Waals surface area contributed by atoms with Gasteiger partial charge in [-0.25, -0.2) is 8.78 Å². The van der Waals surface area contributed by atoms with Crippen molar-refractivity contribution in [2.45, 2.75) is 42.1 Å². The van der Waals surface area contributed by atoms with Gasteiger partial charge < -0.3 is 5.32 Å². The lowest BCUT2D eigenvalue weighted by Crippen LogP contribution is -2.43. The van der Waals surface area contributed by atoms with Gasteiger partial charge in [0.15, 0.2) is 0 Å². The number of nitrogens with one attached hydrogen (secondary N) is 1. The fourth-order valence-electron chi connectivity index (χ4n) is 2.36. The molecule has 112 valence electrons. The molecule has 0 aliphatic carbocycles. The molecule has 1 heterocycles. The first-order valence-electron chi connectivity index (χ1n) is 6.89. The van der Waals surface area contributed by atoms with Crippen LogP contribution in [0.5, 0.6) is 0 Å². The van der Waals surface area contributed by atoms with Crippen LogP contribution < -0.4 is 5.32 Å². The number of rotatable bonds is 4. The van der Waals surface area contributed by atoms with Gasteiger partial charge in [0.1, 0.15) is 11.6 Å². The molecule has 1 nitrogen and oxygen atoms in total. The third-order valence-electron chi connectivity index (χ3n) is 3.85. The van der Waals surface area contributed by atoms with Gasteiger partial charge in [-0.3, -0.25) is 0 Å². The molecule has 4 unspecified atom stereocenters. The summed E-state index contributed by atoms with van der Waals surface area (Å²) in [5, 5.41) is 5.03. The molecule has 1 aromatic carbocycles. The molecule has 0 bridgehead atoms. The summed E-state index contributed by atoms with van der Waals surface area (Å²) in [5.74, 6) is 0.113. The van der Waals surface area contributed by atoms with Crippen LogP contribution in [0.2, 0.25) is 0 Å². The van der Waals surface area contributed by atoms with Crippen LogP contribution in [0, 0.1) is 11.6 Å². The summed E-state index contributed by atoms with van der Waals surface area (Å²) in [6.45, 7) is 4.51. The van der Waals surface area contributed by atoms with E-state index in [1.807, 2.05) is 30.6 Å². The quantitative estimate of drug-likeness (QED) is 0.909. The van der Waals surface area contributed by atoms with Gasteiger partial charge in [-0.15, -0.1) is 0 Å². The molecule has 1 fully saturated rings. The average molecular weight is 317 g/mol. The molecule has 20 heavy (non-hydrogen) atoms. The van der Waals surface area contributed by atoms with Crippen LogP contribution in [0.1, 0.15) is 19.4 Å². The molecule has 0 radical (unpaired) electrons. The first-order chi connectivity index (χ1) is 9.51. The molecule has 1 aliphatic rings. The topological polar surface area (TPSA) is 12.0 Å². The van der Waals surface area contributed by atoms with Gasteiger partial charge in [-0.1, -0.05) is 19.9 Å². The minimum atomic E-state index is -0.516. The number of hydrogen-bond acceptors (Lipinski definition) is 3. The standard InChI is InChI=1S/C15H21F2NS2/c1-9-10(2)20-15(8-19-9)14(18-3)6-11-4-5-12(16)7-13(11)17/h4-5,7,9-10,14-15,18H,6,8H2,1-3H3. The summed E-state index contributed by atoms with van der Waals surface area (Å²) in [6, 6.07) is 4.07. The SMILES string of the molecule is CNC(Cc1ccc(F)cc1F)C1CSC(C)C(C)S1. The zero-order valence-electron chi connectivity index (χ0n) is 12.0. The Labute approximate surface area is 128 Å². The van der Waals surface area contributed by atoms with E-state index in [2.05, 4.69) is 19.2 Å². The van der Waals surface area contributed by atoms with Crippen LogP contribution in [-0.2, 0) is 6.42 Å². The predicted octanol–water partition coefficient (Wildman–Crippen LogP) is 3.72. The highest BCUT2D eigenvalue weighted by Gasteiger charge is 2.31. The molecule has 1 aliphatic heterocycles. The third kappa shape index (κ3) is 3.89. The molecule has 2 rings (SSSR count). The molecule has 4 atom stereocenters. The molecule has 0 spiro atoms. The normalized spacial score (nSPS) is 28.4. The van der Waals surface area contributed by atoms with Crippen molar-refractivity contribution >= 4 is 23.5 Å². The van der Waals surface area contributed by atoms with Crippen molar-refractivity contribution in [3.05, 3.63) is 35.4 Å². The summed E-state index contributed by atoms with van der Waals surface area (Å²) < 4.78 is 26.7. The van der Waals surface area contributed by atoms with E-state index in [-0.39, 0.29) is 6.04 Å². The maximum absolute atomic E-state index is 13.8. The Hall–Kier alpha value is -0.260. The lowest BCUT2D eigenvalue weighted by atomic mass is 10.0. The second kappa shape index (κ2) is 7.14. The van der Waals surface area contributed by atoms with E-state index < -0.39 is 11.6 Å². The molecule has 1 aromatic rings. The minimum Gasteiger partial charge on any atom is -0.316 e. The molecule has 0 aromatic heterocycles. The predicted molar refractivity (Wildman–Crippen MR) is 85.7 cm³/mol. The Morgan fingerprint density at radius 3 is 2.65 bits per heavy atom. The highest BCUT2D eigenvalue weighted by molar-refractivity contribution is 8.07. The molecule has 0 saturated carbocycles. The minimum absolute atomic E-state index is 0.211. The number of benzene rings is 1. The summed E-state index contributed by atoms with van der Waals surface area (Å²) in [4.78, 5) is 0.